The summed E-state index contributed by atoms with van der Waals surface area (Å²) >= 11 is 1.62. The van der Waals surface area contributed by atoms with E-state index in [0.29, 0.717) is 5.75 Å². The van der Waals surface area contributed by atoms with E-state index in [9.17, 15) is 9.59 Å². The molecule has 1 unspecified atom stereocenters. The molecule has 1 aliphatic rings. The van der Waals surface area contributed by atoms with Crippen LogP contribution in [0, 0.1) is 20.8 Å². The van der Waals surface area contributed by atoms with Crippen molar-refractivity contribution < 1.29 is 23.8 Å². The van der Waals surface area contributed by atoms with Crippen LogP contribution in [0.5, 0.6) is 11.5 Å². The maximum atomic E-state index is 11.9. The number of carbonyl (C=O) groups excluding carboxylic acids is 2. The van der Waals surface area contributed by atoms with E-state index in [4.69, 9.17) is 9.47 Å². The summed E-state index contributed by atoms with van der Waals surface area (Å²) in [6.45, 7) is 7.77. The summed E-state index contributed by atoms with van der Waals surface area (Å²) < 4.78 is 15.8. The quantitative estimate of drug-likeness (QED) is 0.625. The van der Waals surface area contributed by atoms with Gasteiger partial charge in [0.05, 0.1) is 24.8 Å². The summed E-state index contributed by atoms with van der Waals surface area (Å²) in [6, 6.07) is 0. The minimum absolute atomic E-state index is 0.00172. The van der Waals surface area contributed by atoms with Crippen LogP contribution in [0.2, 0.25) is 0 Å². The van der Waals surface area contributed by atoms with E-state index in [1.165, 1.54) is 7.11 Å². The zero-order valence-electron chi connectivity index (χ0n) is 13.4. The molecule has 2 rings (SSSR count). The minimum Gasteiger partial charge on any atom is -0.478 e. The lowest BCUT2D eigenvalue weighted by Gasteiger charge is -2.16. The molecule has 0 bridgehead atoms. The van der Waals surface area contributed by atoms with Crippen molar-refractivity contribution in [3.8, 4) is 11.5 Å². The third kappa shape index (κ3) is 3.21. The fraction of sp³-hybridized carbons (Fsp3) is 0.500. The van der Waals surface area contributed by atoms with Crippen LogP contribution in [0.3, 0.4) is 0 Å². The Balaban J connectivity index is 2.22. The van der Waals surface area contributed by atoms with E-state index < -0.39 is 11.9 Å². The first-order valence-electron chi connectivity index (χ1n) is 7.09. The molecule has 0 radical (unpaired) electrons. The Labute approximate surface area is 134 Å². The molecule has 22 heavy (non-hydrogen) atoms. The third-order valence-electron chi connectivity index (χ3n) is 3.68. The third-order valence-corrected chi connectivity index (χ3v) is 4.83. The van der Waals surface area contributed by atoms with E-state index in [0.717, 1.165) is 27.3 Å². The molecule has 1 heterocycles. The average molecular weight is 324 g/mol. The van der Waals surface area contributed by atoms with E-state index in [1.807, 2.05) is 27.7 Å². The lowest BCUT2D eigenvalue weighted by Crippen LogP contribution is -2.13. The molecule has 1 aromatic rings. The standard InChI is InChI=1S/C16H20O5S/c1-8-9(2)15-16(22-11(4)20-15)10(3)14(8)21-13(18)7-6-12(17)19-5/h11H,6-7H2,1-5H3. The first-order chi connectivity index (χ1) is 10.3. The number of esters is 2. The Morgan fingerprint density at radius 3 is 2.36 bits per heavy atom. The van der Waals surface area contributed by atoms with Crippen LogP contribution in [0.15, 0.2) is 4.90 Å². The van der Waals surface area contributed by atoms with Crippen molar-refractivity contribution in [2.45, 2.75) is 50.9 Å². The summed E-state index contributed by atoms with van der Waals surface area (Å²) in [7, 11) is 1.30. The van der Waals surface area contributed by atoms with Gasteiger partial charge in [-0.1, -0.05) is 11.8 Å². The van der Waals surface area contributed by atoms with Crippen molar-refractivity contribution >= 4 is 23.7 Å². The van der Waals surface area contributed by atoms with Crippen LogP contribution in [-0.2, 0) is 14.3 Å². The van der Waals surface area contributed by atoms with Crippen LogP contribution in [0.4, 0.5) is 0 Å². The zero-order valence-corrected chi connectivity index (χ0v) is 14.3. The highest BCUT2D eigenvalue weighted by atomic mass is 32.2. The molecular formula is C16H20O5S. The largest absolute Gasteiger partial charge is 0.478 e. The molecule has 0 aliphatic carbocycles. The normalized spacial score (nSPS) is 16.0. The van der Waals surface area contributed by atoms with Crippen molar-refractivity contribution in [3.05, 3.63) is 16.7 Å². The van der Waals surface area contributed by atoms with Crippen molar-refractivity contribution in [2.24, 2.45) is 0 Å². The molecule has 1 atom stereocenters. The molecule has 6 heteroatoms. The number of carbonyl (C=O) groups is 2. The second kappa shape index (κ2) is 6.60. The lowest BCUT2D eigenvalue weighted by atomic mass is 10.0. The second-order valence-corrected chi connectivity index (χ2v) is 6.52. The number of ether oxygens (including phenoxy) is 3. The molecule has 0 fully saturated rings. The highest BCUT2D eigenvalue weighted by Crippen LogP contribution is 2.49. The maximum Gasteiger partial charge on any atom is 0.311 e. The SMILES string of the molecule is COC(=O)CCC(=O)Oc1c(C)c(C)c2c(c1C)SC(C)O2. The van der Waals surface area contributed by atoms with Crippen LogP contribution < -0.4 is 9.47 Å². The van der Waals surface area contributed by atoms with E-state index >= 15 is 0 Å². The number of methoxy groups -OCH3 is 1. The fourth-order valence-corrected chi connectivity index (χ4v) is 3.38. The smallest absolute Gasteiger partial charge is 0.311 e. The van der Waals surface area contributed by atoms with Gasteiger partial charge in [0.1, 0.15) is 16.9 Å². The van der Waals surface area contributed by atoms with Gasteiger partial charge in [-0.15, -0.1) is 0 Å². The Hall–Kier alpha value is -1.69. The van der Waals surface area contributed by atoms with Crippen LogP contribution in [-0.4, -0.2) is 24.5 Å². The first kappa shape index (κ1) is 16.7. The molecule has 1 aromatic carbocycles. The molecule has 0 amide bonds. The van der Waals surface area contributed by atoms with Crippen LogP contribution >= 0.6 is 11.8 Å². The molecule has 0 saturated heterocycles. The van der Waals surface area contributed by atoms with Crippen molar-refractivity contribution in [2.75, 3.05) is 7.11 Å². The van der Waals surface area contributed by atoms with Gasteiger partial charge in [-0.3, -0.25) is 9.59 Å². The molecular weight excluding hydrogens is 304 g/mol. The molecule has 0 N–H and O–H groups in total. The molecule has 0 saturated carbocycles. The van der Waals surface area contributed by atoms with Crippen LogP contribution in [0.25, 0.3) is 0 Å². The number of fused-ring (bicyclic) bond motifs is 1. The van der Waals surface area contributed by atoms with Crippen molar-refractivity contribution in [3.63, 3.8) is 0 Å². The van der Waals surface area contributed by atoms with E-state index in [2.05, 4.69) is 4.74 Å². The fourth-order valence-electron chi connectivity index (χ4n) is 2.33. The number of thioether (sulfide) groups is 1. The molecule has 5 nitrogen and oxygen atoms in total. The average Bonchev–Trinajstić information content (AvgIpc) is 2.89. The molecule has 0 aromatic heterocycles. The topological polar surface area (TPSA) is 61.8 Å². The van der Waals surface area contributed by atoms with E-state index in [1.54, 1.807) is 11.8 Å². The number of benzene rings is 1. The van der Waals surface area contributed by atoms with Crippen LogP contribution in [0.1, 0.15) is 36.5 Å². The highest BCUT2D eigenvalue weighted by Gasteiger charge is 2.28. The van der Waals surface area contributed by atoms with Gasteiger partial charge in [0.25, 0.3) is 0 Å². The second-order valence-electron chi connectivity index (χ2n) is 5.22. The minimum atomic E-state index is -0.437. The number of rotatable bonds is 4. The molecule has 0 spiro atoms. The summed E-state index contributed by atoms with van der Waals surface area (Å²) in [6.07, 6.45) is 0.0218. The summed E-state index contributed by atoms with van der Waals surface area (Å²) in [5.41, 5.74) is 2.82. The van der Waals surface area contributed by atoms with Gasteiger partial charge in [0.2, 0.25) is 0 Å². The predicted octanol–water partition coefficient (Wildman–Crippen LogP) is 3.30. The monoisotopic (exact) mass is 324 g/mol. The van der Waals surface area contributed by atoms with Gasteiger partial charge in [-0.05, 0) is 38.8 Å². The summed E-state index contributed by atoms with van der Waals surface area (Å²) in [5.74, 6) is 0.583. The first-order valence-corrected chi connectivity index (χ1v) is 7.97. The van der Waals surface area contributed by atoms with Gasteiger partial charge in [0, 0.05) is 5.56 Å². The number of hydrogen-bond acceptors (Lipinski definition) is 6. The Kier molecular flexibility index (Phi) is 5.01. The Morgan fingerprint density at radius 2 is 1.73 bits per heavy atom. The maximum absolute atomic E-state index is 11.9. The van der Waals surface area contributed by atoms with Gasteiger partial charge in [-0.2, -0.15) is 0 Å². The Morgan fingerprint density at radius 1 is 1.09 bits per heavy atom. The van der Waals surface area contributed by atoms with Gasteiger partial charge in [-0.25, -0.2) is 0 Å². The molecule has 1 aliphatic heterocycles. The van der Waals surface area contributed by atoms with Crippen molar-refractivity contribution in [1.82, 2.24) is 0 Å². The summed E-state index contributed by atoms with van der Waals surface area (Å²) in [4.78, 5) is 24.1. The van der Waals surface area contributed by atoms with E-state index in [-0.39, 0.29) is 18.3 Å². The summed E-state index contributed by atoms with van der Waals surface area (Å²) in [5, 5.41) is 0. The van der Waals surface area contributed by atoms with Gasteiger partial charge >= 0.3 is 11.9 Å². The Bertz CT molecular complexity index is 624. The van der Waals surface area contributed by atoms with Gasteiger partial charge in [0.15, 0.2) is 0 Å². The lowest BCUT2D eigenvalue weighted by molar-refractivity contribution is -0.144. The number of hydrogen-bond donors (Lipinski definition) is 0. The van der Waals surface area contributed by atoms with Crippen molar-refractivity contribution in [1.29, 1.82) is 0 Å². The predicted molar refractivity (Wildman–Crippen MR) is 83.5 cm³/mol. The molecule has 120 valence electrons. The zero-order chi connectivity index (χ0) is 16.4. The highest BCUT2D eigenvalue weighted by molar-refractivity contribution is 8.00. The van der Waals surface area contributed by atoms with Gasteiger partial charge < -0.3 is 14.2 Å².